The SMILES string of the molecule is CCCC(=O)Nc1cccc(NC(=O)c2ccncc2)c1. The van der Waals surface area contributed by atoms with Gasteiger partial charge in [0.25, 0.3) is 5.91 Å². The molecule has 2 rings (SSSR count). The molecule has 1 aromatic heterocycles. The molecule has 0 saturated heterocycles. The zero-order chi connectivity index (χ0) is 15.1. The largest absolute Gasteiger partial charge is 0.326 e. The molecular weight excluding hydrogens is 266 g/mol. The van der Waals surface area contributed by atoms with Crippen LogP contribution < -0.4 is 10.6 Å². The molecule has 21 heavy (non-hydrogen) atoms. The van der Waals surface area contributed by atoms with E-state index in [0.29, 0.717) is 23.4 Å². The van der Waals surface area contributed by atoms with E-state index in [9.17, 15) is 9.59 Å². The van der Waals surface area contributed by atoms with E-state index in [2.05, 4.69) is 15.6 Å². The van der Waals surface area contributed by atoms with Gasteiger partial charge in [0.2, 0.25) is 5.91 Å². The Kier molecular flexibility index (Phi) is 5.04. The molecule has 2 aromatic rings. The summed E-state index contributed by atoms with van der Waals surface area (Å²) in [5, 5.41) is 5.58. The van der Waals surface area contributed by atoms with Crippen molar-refractivity contribution in [1.82, 2.24) is 4.98 Å². The summed E-state index contributed by atoms with van der Waals surface area (Å²) in [6.07, 6.45) is 4.41. The molecule has 5 heteroatoms. The molecular formula is C16H17N3O2. The molecule has 0 spiro atoms. The van der Waals surface area contributed by atoms with Gasteiger partial charge < -0.3 is 10.6 Å². The maximum Gasteiger partial charge on any atom is 0.255 e. The third-order valence-electron chi connectivity index (χ3n) is 2.82. The Hall–Kier alpha value is -2.69. The first-order chi connectivity index (χ1) is 10.2. The van der Waals surface area contributed by atoms with Crippen molar-refractivity contribution in [2.24, 2.45) is 0 Å². The number of rotatable bonds is 5. The zero-order valence-electron chi connectivity index (χ0n) is 11.8. The molecule has 0 radical (unpaired) electrons. The lowest BCUT2D eigenvalue weighted by molar-refractivity contribution is -0.116. The number of carbonyl (C=O) groups excluding carboxylic acids is 2. The van der Waals surface area contributed by atoms with Crippen LogP contribution in [0.15, 0.2) is 48.8 Å². The molecule has 2 N–H and O–H groups in total. The molecule has 0 atom stereocenters. The monoisotopic (exact) mass is 283 g/mol. The van der Waals surface area contributed by atoms with Gasteiger partial charge in [0.15, 0.2) is 0 Å². The van der Waals surface area contributed by atoms with Crippen molar-refractivity contribution in [3.8, 4) is 0 Å². The second-order valence-electron chi connectivity index (χ2n) is 4.57. The van der Waals surface area contributed by atoms with Crippen molar-refractivity contribution >= 4 is 23.2 Å². The second kappa shape index (κ2) is 7.19. The lowest BCUT2D eigenvalue weighted by Crippen LogP contribution is -2.13. The first-order valence-electron chi connectivity index (χ1n) is 6.80. The molecule has 0 aliphatic carbocycles. The Balaban J connectivity index is 2.04. The highest BCUT2D eigenvalue weighted by atomic mass is 16.2. The van der Waals surface area contributed by atoms with Crippen LogP contribution >= 0.6 is 0 Å². The predicted octanol–water partition coefficient (Wildman–Crippen LogP) is 3.07. The number of hydrogen-bond donors (Lipinski definition) is 2. The van der Waals surface area contributed by atoms with Gasteiger partial charge in [-0.15, -0.1) is 0 Å². The van der Waals surface area contributed by atoms with Crippen molar-refractivity contribution in [1.29, 1.82) is 0 Å². The summed E-state index contributed by atoms with van der Waals surface area (Å²) in [7, 11) is 0. The Morgan fingerprint density at radius 2 is 1.71 bits per heavy atom. The summed E-state index contributed by atoms with van der Waals surface area (Å²) in [5.74, 6) is -0.246. The van der Waals surface area contributed by atoms with Gasteiger partial charge in [0, 0.05) is 35.8 Å². The van der Waals surface area contributed by atoms with E-state index >= 15 is 0 Å². The van der Waals surface area contributed by atoms with Crippen molar-refractivity contribution in [2.75, 3.05) is 10.6 Å². The minimum Gasteiger partial charge on any atom is -0.326 e. The second-order valence-corrected chi connectivity index (χ2v) is 4.57. The molecule has 2 amide bonds. The third-order valence-corrected chi connectivity index (χ3v) is 2.82. The number of anilines is 2. The number of hydrogen-bond acceptors (Lipinski definition) is 3. The molecule has 0 saturated carbocycles. The predicted molar refractivity (Wildman–Crippen MR) is 82.2 cm³/mol. The topological polar surface area (TPSA) is 71.1 Å². The summed E-state index contributed by atoms with van der Waals surface area (Å²) < 4.78 is 0. The molecule has 5 nitrogen and oxygen atoms in total. The highest BCUT2D eigenvalue weighted by Crippen LogP contribution is 2.16. The summed E-state index contributed by atoms with van der Waals surface area (Å²) in [4.78, 5) is 27.5. The fraction of sp³-hybridized carbons (Fsp3) is 0.188. The molecule has 1 aromatic carbocycles. The number of amides is 2. The van der Waals surface area contributed by atoms with E-state index in [1.54, 1.807) is 48.8 Å². The van der Waals surface area contributed by atoms with Gasteiger partial charge in [-0.1, -0.05) is 13.0 Å². The fourth-order valence-electron chi connectivity index (χ4n) is 1.83. The average molecular weight is 283 g/mol. The number of benzene rings is 1. The molecule has 108 valence electrons. The molecule has 0 aliphatic rings. The van der Waals surface area contributed by atoms with Crippen LogP contribution in [0.2, 0.25) is 0 Å². The summed E-state index contributed by atoms with van der Waals surface area (Å²) >= 11 is 0. The van der Waals surface area contributed by atoms with Gasteiger partial charge >= 0.3 is 0 Å². The van der Waals surface area contributed by atoms with Crippen LogP contribution in [0.4, 0.5) is 11.4 Å². The first-order valence-corrected chi connectivity index (χ1v) is 6.80. The van der Waals surface area contributed by atoms with Crippen LogP contribution in [0.3, 0.4) is 0 Å². The number of carbonyl (C=O) groups is 2. The van der Waals surface area contributed by atoms with Gasteiger partial charge in [0.05, 0.1) is 0 Å². The van der Waals surface area contributed by atoms with Gasteiger partial charge in [0.1, 0.15) is 0 Å². The highest BCUT2D eigenvalue weighted by Gasteiger charge is 2.06. The van der Waals surface area contributed by atoms with E-state index in [1.165, 1.54) is 0 Å². The van der Waals surface area contributed by atoms with Gasteiger partial charge in [-0.05, 0) is 36.8 Å². The van der Waals surface area contributed by atoms with Gasteiger partial charge in [-0.3, -0.25) is 14.6 Å². The van der Waals surface area contributed by atoms with Crippen LogP contribution in [0.25, 0.3) is 0 Å². The Morgan fingerprint density at radius 3 is 2.38 bits per heavy atom. The highest BCUT2D eigenvalue weighted by molar-refractivity contribution is 6.04. The van der Waals surface area contributed by atoms with Crippen molar-refractivity contribution < 1.29 is 9.59 Å². The standard InChI is InChI=1S/C16H17N3O2/c1-2-4-15(20)18-13-5-3-6-14(11-13)19-16(21)12-7-9-17-10-8-12/h3,5-11H,2,4H2,1H3,(H,18,20)(H,19,21). The van der Waals surface area contributed by atoms with Gasteiger partial charge in [-0.2, -0.15) is 0 Å². The Bertz CT molecular complexity index is 626. The first kappa shape index (κ1) is 14.7. The maximum absolute atomic E-state index is 12.0. The fourth-order valence-corrected chi connectivity index (χ4v) is 1.83. The van der Waals surface area contributed by atoms with Crippen molar-refractivity contribution in [3.05, 3.63) is 54.4 Å². The Morgan fingerprint density at radius 1 is 1.05 bits per heavy atom. The van der Waals surface area contributed by atoms with Gasteiger partial charge in [-0.25, -0.2) is 0 Å². The van der Waals surface area contributed by atoms with Crippen LogP contribution in [0, 0.1) is 0 Å². The van der Waals surface area contributed by atoms with Crippen LogP contribution in [-0.4, -0.2) is 16.8 Å². The molecule has 1 heterocycles. The molecule has 0 unspecified atom stereocenters. The number of nitrogens with one attached hydrogen (secondary N) is 2. The third kappa shape index (κ3) is 4.42. The molecule has 0 bridgehead atoms. The number of nitrogens with zero attached hydrogens (tertiary/aromatic N) is 1. The molecule has 0 fully saturated rings. The van der Waals surface area contributed by atoms with E-state index in [4.69, 9.17) is 0 Å². The van der Waals surface area contributed by atoms with E-state index in [0.717, 1.165) is 6.42 Å². The van der Waals surface area contributed by atoms with Crippen molar-refractivity contribution in [3.63, 3.8) is 0 Å². The molecule has 0 aliphatic heterocycles. The summed E-state index contributed by atoms with van der Waals surface area (Å²) in [5.41, 5.74) is 1.83. The number of pyridine rings is 1. The average Bonchev–Trinajstić information content (AvgIpc) is 2.48. The normalized spacial score (nSPS) is 9.95. The van der Waals surface area contributed by atoms with Crippen LogP contribution in [0.1, 0.15) is 30.1 Å². The van der Waals surface area contributed by atoms with Crippen molar-refractivity contribution in [2.45, 2.75) is 19.8 Å². The smallest absolute Gasteiger partial charge is 0.255 e. The lowest BCUT2D eigenvalue weighted by Gasteiger charge is -2.08. The van der Waals surface area contributed by atoms with E-state index in [1.807, 2.05) is 6.92 Å². The Labute approximate surface area is 123 Å². The van der Waals surface area contributed by atoms with E-state index in [-0.39, 0.29) is 11.8 Å². The zero-order valence-corrected chi connectivity index (χ0v) is 11.8. The van der Waals surface area contributed by atoms with Crippen LogP contribution in [-0.2, 0) is 4.79 Å². The minimum absolute atomic E-state index is 0.0323. The quantitative estimate of drug-likeness (QED) is 0.885. The minimum atomic E-state index is -0.213. The summed E-state index contributed by atoms with van der Waals surface area (Å²) in [6.45, 7) is 1.95. The summed E-state index contributed by atoms with van der Waals surface area (Å²) in [6, 6.07) is 10.4. The maximum atomic E-state index is 12.0. The lowest BCUT2D eigenvalue weighted by atomic mass is 10.2. The van der Waals surface area contributed by atoms with E-state index < -0.39 is 0 Å². The number of aromatic nitrogens is 1. The van der Waals surface area contributed by atoms with Crippen LogP contribution in [0.5, 0.6) is 0 Å².